The third-order valence-corrected chi connectivity index (χ3v) is 4.25. The van der Waals surface area contributed by atoms with Gasteiger partial charge in [-0.15, -0.1) is 0 Å². The highest BCUT2D eigenvalue weighted by atomic mass is 16.5. The van der Waals surface area contributed by atoms with Crippen molar-refractivity contribution in [2.75, 3.05) is 19.8 Å². The summed E-state index contributed by atoms with van der Waals surface area (Å²) in [4.78, 5) is 12.7. The molecule has 4 nitrogen and oxygen atoms in total. The van der Waals surface area contributed by atoms with E-state index < -0.39 is 0 Å². The molecule has 1 saturated heterocycles. The number of nitrogens with two attached hydrogens (primary N) is 1. The summed E-state index contributed by atoms with van der Waals surface area (Å²) in [6, 6.07) is 13.7. The van der Waals surface area contributed by atoms with Crippen molar-refractivity contribution in [1.82, 2.24) is 5.32 Å². The molecular weight excluding hydrogens is 264 g/mol. The molecule has 4 heteroatoms. The van der Waals surface area contributed by atoms with Gasteiger partial charge in [0.05, 0.1) is 5.54 Å². The zero-order chi connectivity index (χ0) is 14.7. The predicted octanol–water partition coefficient (Wildman–Crippen LogP) is 2.08. The van der Waals surface area contributed by atoms with Crippen LogP contribution in [0.5, 0.6) is 0 Å². The number of rotatable bonds is 3. The molecule has 0 saturated carbocycles. The summed E-state index contributed by atoms with van der Waals surface area (Å²) >= 11 is 0. The Morgan fingerprint density at radius 3 is 2.62 bits per heavy atom. The summed E-state index contributed by atoms with van der Waals surface area (Å²) in [5, 5.41) is 5.18. The first-order valence-electron chi connectivity index (χ1n) is 7.32. The van der Waals surface area contributed by atoms with Gasteiger partial charge in [-0.2, -0.15) is 0 Å². The van der Waals surface area contributed by atoms with Gasteiger partial charge < -0.3 is 15.8 Å². The van der Waals surface area contributed by atoms with Gasteiger partial charge in [0.25, 0.3) is 5.91 Å². The maximum absolute atomic E-state index is 12.7. The van der Waals surface area contributed by atoms with E-state index in [-0.39, 0.29) is 11.4 Å². The smallest absolute Gasteiger partial charge is 0.252 e. The van der Waals surface area contributed by atoms with Crippen molar-refractivity contribution < 1.29 is 9.53 Å². The minimum absolute atomic E-state index is 0.0563. The van der Waals surface area contributed by atoms with Crippen LogP contribution in [0, 0.1) is 0 Å². The Kier molecular flexibility index (Phi) is 3.90. The third kappa shape index (κ3) is 2.77. The number of fused-ring (bicyclic) bond motifs is 1. The second kappa shape index (κ2) is 5.84. The molecule has 1 amide bonds. The lowest BCUT2D eigenvalue weighted by atomic mass is 9.89. The quantitative estimate of drug-likeness (QED) is 0.907. The summed E-state index contributed by atoms with van der Waals surface area (Å²) in [6.45, 7) is 1.73. The molecule has 0 unspecified atom stereocenters. The Bertz CT molecular complexity index is 643. The number of ether oxygens (including phenoxy) is 1. The molecule has 3 rings (SSSR count). The lowest BCUT2D eigenvalue weighted by Gasteiger charge is -2.37. The molecule has 110 valence electrons. The molecule has 2 aromatic carbocycles. The Hall–Kier alpha value is -1.91. The maximum atomic E-state index is 12.7. The van der Waals surface area contributed by atoms with Crippen LogP contribution in [0.1, 0.15) is 23.2 Å². The van der Waals surface area contributed by atoms with Gasteiger partial charge in [-0.05, 0) is 29.7 Å². The highest BCUT2D eigenvalue weighted by molar-refractivity contribution is 6.07. The highest BCUT2D eigenvalue weighted by Crippen LogP contribution is 2.23. The largest absolute Gasteiger partial charge is 0.381 e. The topological polar surface area (TPSA) is 64.3 Å². The van der Waals surface area contributed by atoms with E-state index in [0.29, 0.717) is 25.3 Å². The van der Waals surface area contributed by atoms with E-state index in [9.17, 15) is 4.79 Å². The minimum Gasteiger partial charge on any atom is -0.381 e. The second-order valence-corrected chi connectivity index (χ2v) is 5.58. The Morgan fingerprint density at radius 1 is 1.14 bits per heavy atom. The number of carbonyl (C=O) groups excluding carboxylic acids is 1. The fraction of sp³-hybridized carbons (Fsp3) is 0.353. The van der Waals surface area contributed by atoms with Gasteiger partial charge in [0, 0.05) is 25.3 Å². The first-order chi connectivity index (χ1) is 10.2. The molecule has 0 bridgehead atoms. The number of benzene rings is 2. The predicted molar refractivity (Wildman–Crippen MR) is 83.3 cm³/mol. The van der Waals surface area contributed by atoms with Crippen molar-refractivity contribution in [2.24, 2.45) is 5.73 Å². The zero-order valence-electron chi connectivity index (χ0n) is 12.0. The van der Waals surface area contributed by atoms with Gasteiger partial charge in [0.1, 0.15) is 0 Å². The standard InChI is InChI=1S/C17H20N2O2/c18-12-17(8-10-21-11-9-17)19-16(20)15-7-3-5-13-4-1-2-6-14(13)15/h1-7H,8-12,18H2,(H,19,20). The number of hydrogen-bond donors (Lipinski definition) is 2. The van der Waals surface area contributed by atoms with Crippen molar-refractivity contribution in [3.05, 3.63) is 48.0 Å². The van der Waals surface area contributed by atoms with Crippen LogP contribution in [0.15, 0.2) is 42.5 Å². The van der Waals surface area contributed by atoms with Crippen molar-refractivity contribution in [1.29, 1.82) is 0 Å². The summed E-state index contributed by atoms with van der Waals surface area (Å²) in [5.74, 6) is -0.0563. The van der Waals surface area contributed by atoms with Crippen LogP contribution in [-0.4, -0.2) is 31.2 Å². The van der Waals surface area contributed by atoms with E-state index in [4.69, 9.17) is 10.5 Å². The van der Waals surface area contributed by atoms with Crippen LogP contribution in [0.25, 0.3) is 10.8 Å². The average molecular weight is 284 g/mol. The molecule has 2 aromatic rings. The SMILES string of the molecule is NCC1(NC(=O)c2cccc3ccccc23)CCOCC1. The van der Waals surface area contributed by atoms with Crippen LogP contribution < -0.4 is 11.1 Å². The van der Waals surface area contributed by atoms with E-state index in [1.807, 2.05) is 42.5 Å². The van der Waals surface area contributed by atoms with Crippen molar-refractivity contribution in [3.8, 4) is 0 Å². The van der Waals surface area contributed by atoms with E-state index in [1.165, 1.54) is 0 Å². The molecule has 1 aliphatic heterocycles. The Morgan fingerprint density at radius 2 is 1.86 bits per heavy atom. The van der Waals surface area contributed by atoms with Crippen LogP contribution in [-0.2, 0) is 4.74 Å². The van der Waals surface area contributed by atoms with Crippen LogP contribution >= 0.6 is 0 Å². The second-order valence-electron chi connectivity index (χ2n) is 5.58. The molecular formula is C17H20N2O2. The maximum Gasteiger partial charge on any atom is 0.252 e. The van der Waals surface area contributed by atoms with Crippen LogP contribution in [0.4, 0.5) is 0 Å². The van der Waals surface area contributed by atoms with E-state index >= 15 is 0 Å². The van der Waals surface area contributed by atoms with Crippen molar-refractivity contribution in [3.63, 3.8) is 0 Å². The minimum atomic E-state index is -0.341. The molecule has 0 spiro atoms. The molecule has 3 N–H and O–H groups in total. The molecule has 1 fully saturated rings. The average Bonchev–Trinajstić information content (AvgIpc) is 2.55. The number of amides is 1. The lowest BCUT2D eigenvalue weighted by molar-refractivity contribution is 0.0389. The van der Waals surface area contributed by atoms with Gasteiger partial charge in [-0.3, -0.25) is 4.79 Å². The molecule has 0 aliphatic carbocycles. The number of nitrogens with one attached hydrogen (secondary N) is 1. The van der Waals surface area contributed by atoms with E-state index in [0.717, 1.165) is 23.6 Å². The highest BCUT2D eigenvalue weighted by Gasteiger charge is 2.33. The fourth-order valence-electron chi connectivity index (χ4n) is 2.87. The third-order valence-electron chi connectivity index (χ3n) is 4.25. The number of hydrogen-bond acceptors (Lipinski definition) is 3. The summed E-state index contributed by atoms with van der Waals surface area (Å²) in [7, 11) is 0. The van der Waals surface area contributed by atoms with E-state index in [2.05, 4.69) is 5.32 Å². The summed E-state index contributed by atoms with van der Waals surface area (Å²) in [6.07, 6.45) is 1.53. The van der Waals surface area contributed by atoms with Crippen LogP contribution in [0.2, 0.25) is 0 Å². The Labute approximate surface area is 124 Å². The van der Waals surface area contributed by atoms with Gasteiger partial charge in [0.2, 0.25) is 0 Å². The number of carbonyl (C=O) groups is 1. The van der Waals surface area contributed by atoms with Crippen molar-refractivity contribution >= 4 is 16.7 Å². The molecule has 1 aliphatic rings. The molecule has 0 radical (unpaired) electrons. The van der Waals surface area contributed by atoms with Gasteiger partial charge in [-0.25, -0.2) is 0 Å². The first-order valence-corrected chi connectivity index (χ1v) is 7.32. The Balaban J connectivity index is 1.90. The fourth-order valence-corrected chi connectivity index (χ4v) is 2.87. The first kappa shape index (κ1) is 14.0. The summed E-state index contributed by atoms with van der Waals surface area (Å²) in [5.41, 5.74) is 6.27. The normalized spacial score (nSPS) is 17.6. The van der Waals surface area contributed by atoms with Gasteiger partial charge in [0.15, 0.2) is 0 Å². The molecule has 21 heavy (non-hydrogen) atoms. The van der Waals surface area contributed by atoms with Gasteiger partial charge in [-0.1, -0.05) is 36.4 Å². The summed E-state index contributed by atoms with van der Waals surface area (Å²) < 4.78 is 5.38. The van der Waals surface area contributed by atoms with E-state index in [1.54, 1.807) is 0 Å². The molecule has 1 heterocycles. The molecule has 0 atom stereocenters. The van der Waals surface area contributed by atoms with Crippen LogP contribution in [0.3, 0.4) is 0 Å². The van der Waals surface area contributed by atoms with Gasteiger partial charge >= 0.3 is 0 Å². The monoisotopic (exact) mass is 284 g/mol. The zero-order valence-corrected chi connectivity index (χ0v) is 12.0. The van der Waals surface area contributed by atoms with Crippen molar-refractivity contribution in [2.45, 2.75) is 18.4 Å². The lowest BCUT2D eigenvalue weighted by Crippen LogP contribution is -2.56. The molecule has 0 aromatic heterocycles.